The second kappa shape index (κ2) is 8.97. The summed E-state index contributed by atoms with van der Waals surface area (Å²) in [5.41, 5.74) is 2.74. The van der Waals surface area contributed by atoms with E-state index in [1.807, 2.05) is 64.1 Å². The average Bonchev–Trinajstić information content (AvgIpc) is 3.04. The molecule has 0 aliphatic rings. The number of rotatable bonds is 8. The van der Waals surface area contributed by atoms with Crippen LogP contribution in [0.5, 0.6) is 11.5 Å². The van der Waals surface area contributed by atoms with E-state index in [0.29, 0.717) is 24.7 Å². The molecule has 5 nitrogen and oxygen atoms in total. The Hall–Kier alpha value is -2.69. The van der Waals surface area contributed by atoms with Crippen LogP contribution in [0.3, 0.4) is 0 Å². The van der Waals surface area contributed by atoms with Crippen LogP contribution in [0.15, 0.2) is 46.0 Å². The van der Waals surface area contributed by atoms with E-state index in [-0.39, 0.29) is 0 Å². The monoisotopic (exact) mass is 343 g/mol. The highest BCUT2D eigenvalue weighted by Gasteiger charge is 2.10. The molecule has 1 aromatic heterocycles. The number of hydrogen-bond donors (Lipinski definition) is 0. The summed E-state index contributed by atoms with van der Waals surface area (Å²) in [5, 5.41) is 3.86. The topological polar surface area (TPSA) is 53.2 Å². The van der Waals surface area contributed by atoms with Crippen LogP contribution in [0.25, 0.3) is 0 Å². The molecule has 5 heteroatoms. The SMILES string of the molecule is C/C=C/COc1cc(C)c(OCc2ccc(/C(C)=N\OC)o2)c(C)c1. The lowest BCUT2D eigenvalue weighted by Crippen LogP contribution is -2.00. The molecule has 0 saturated heterocycles. The molecule has 0 bridgehead atoms. The van der Waals surface area contributed by atoms with Crippen LogP contribution in [0.4, 0.5) is 0 Å². The fourth-order valence-corrected chi connectivity index (χ4v) is 2.44. The van der Waals surface area contributed by atoms with Crippen LogP contribution in [-0.4, -0.2) is 19.4 Å². The summed E-state index contributed by atoms with van der Waals surface area (Å²) >= 11 is 0. The van der Waals surface area contributed by atoms with Gasteiger partial charge in [-0.2, -0.15) is 0 Å². The molecule has 2 aromatic rings. The van der Waals surface area contributed by atoms with E-state index in [9.17, 15) is 0 Å². The summed E-state index contributed by atoms with van der Waals surface area (Å²) < 4.78 is 17.4. The van der Waals surface area contributed by atoms with Crippen LogP contribution < -0.4 is 9.47 Å². The van der Waals surface area contributed by atoms with Crippen LogP contribution in [0.1, 0.15) is 36.5 Å². The fraction of sp³-hybridized carbons (Fsp3) is 0.350. The summed E-state index contributed by atoms with van der Waals surface area (Å²) in [6.45, 7) is 8.72. The van der Waals surface area contributed by atoms with E-state index in [2.05, 4.69) is 5.16 Å². The van der Waals surface area contributed by atoms with Gasteiger partial charge in [0, 0.05) is 0 Å². The molecule has 0 radical (unpaired) electrons. The predicted octanol–water partition coefficient (Wildman–Crippen LogP) is 4.80. The molecule has 1 aromatic carbocycles. The Kier molecular flexibility index (Phi) is 6.69. The molecular formula is C20H25NO4. The van der Waals surface area contributed by atoms with Crippen molar-refractivity contribution >= 4 is 5.71 Å². The fourth-order valence-electron chi connectivity index (χ4n) is 2.44. The maximum atomic E-state index is 5.95. The van der Waals surface area contributed by atoms with Crippen LogP contribution in [0, 0.1) is 13.8 Å². The van der Waals surface area contributed by atoms with Crippen molar-refractivity contribution in [3.05, 3.63) is 59.1 Å². The van der Waals surface area contributed by atoms with Gasteiger partial charge in [-0.3, -0.25) is 0 Å². The first kappa shape index (κ1) is 18.6. The first-order valence-electron chi connectivity index (χ1n) is 8.20. The van der Waals surface area contributed by atoms with Crippen molar-refractivity contribution in [1.29, 1.82) is 0 Å². The van der Waals surface area contributed by atoms with Crippen LogP contribution in [-0.2, 0) is 11.4 Å². The van der Waals surface area contributed by atoms with Crippen molar-refractivity contribution in [2.24, 2.45) is 5.16 Å². The number of hydrogen-bond acceptors (Lipinski definition) is 5. The van der Waals surface area contributed by atoms with Gasteiger partial charge in [-0.05, 0) is 63.1 Å². The van der Waals surface area contributed by atoms with Crippen molar-refractivity contribution in [2.75, 3.05) is 13.7 Å². The molecule has 134 valence electrons. The van der Waals surface area contributed by atoms with Crippen molar-refractivity contribution in [3.8, 4) is 11.5 Å². The highest BCUT2D eigenvalue weighted by Crippen LogP contribution is 2.29. The van der Waals surface area contributed by atoms with Crippen molar-refractivity contribution in [3.63, 3.8) is 0 Å². The van der Waals surface area contributed by atoms with Crippen LogP contribution >= 0.6 is 0 Å². The molecule has 0 spiro atoms. The second-order valence-electron chi connectivity index (χ2n) is 5.68. The molecule has 0 amide bonds. The van der Waals surface area contributed by atoms with Gasteiger partial charge in [-0.1, -0.05) is 17.3 Å². The Morgan fingerprint density at radius 3 is 2.52 bits per heavy atom. The van der Waals surface area contributed by atoms with Gasteiger partial charge in [0.1, 0.15) is 43.3 Å². The van der Waals surface area contributed by atoms with Crippen LogP contribution in [0.2, 0.25) is 0 Å². The average molecular weight is 343 g/mol. The Labute approximate surface area is 148 Å². The summed E-state index contributed by atoms with van der Waals surface area (Å²) in [6.07, 6.45) is 3.94. The normalized spacial score (nSPS) is 11.8. The number of benzene rings is 1. The molecular weight excluding hydrogens is 318 g/mol. The first-order valence-corrected chi connectivity index (χ1v) is 8.20. The van der Waals surface area contributed by atoms with Gasteiger partial charge < -0.3 is 18.7 Å². The molecule has 0 unspecified atom stereocenters. The largest absolute Gasteiger partial charge is 0.490 e. The molecule has 1 heterocycles. The lowest BCUT2D eigenvalue weighted by molar-refractivity contribution is 0.212. The number of ether oxygens (including phenoxy) is 2. The van der Waals surface area contributed by atoms with E-state index in [1.165, 1.54) is 7.11 Å². The standard InChI is InChI=1S/C20H25NO4/c1-6-7-10-23-18-11-14(2)20(15(3)12-18)24-13-17-8-9-19(25-17)16(4)21-22-5/h6-9,11-12H,10,13H2,1-5H3/b7-6+,21-16-. The molecule has 2 rings (SSSR count). The van der Waals surface area contributed by atoms with Crippen molar-refractivity contribution in [2.45, 2.75) is 34.3 Å². The maximum Gasteiger partial charge on any atom is 0.151 e. The van der Waals surface area contributed by atoms with Crippen molar-refractivity contribution in [1.82, 2.24) is 0 Å². The zero-order valence-corrected chi connectivity index (χ0v) is 15.5. The molecule has 25 heavy (non-hydrogen) atoms. The third-order valence-corrected chi connectivity index (χ3v) is 3.62. The van der Waals surface area contributed by atoms with E-state index in [1.54, 1.807) is 0 Å². The molecule has 0 aliphatic heterocycles. The Morgan fingerprint density at radius 1 is 1.16 bits per heavy atom. The molecule has 0 N–H and O–H groups in total. The summed E-state index contributed by atoms with van der Waals surface area (Å²) in [5.74, 6) is 3.08. The quantitative estimate of drug-likeness (QED) is 0.392. The molecule has 0 aliphatic carbocycles. The predicted molar refractivity (Wildman–Crippen MR) is 98.5 cm³/mol. The van der Waals surface area contributed by atoms with E-state index >= 15 is 0 Å². The van der Waals surface area contributed by atoms with Gasteiger partial charge in [0.15, 0.2) is 5.76 Å². The summed E-state index contributed by atoms with van der Waals surface area (Å²) in [6, 6.07) is 7.70. The summed E-state index contributed by atoms with van der Waals surface area (Å²) in [7, 11) is 1.51. The first-order chi connectivity index (χ1) is 12.0. The van der Waals surface area contributed by atoms with E-state index in [4.69, 9.17) is 18.7 Å². The van der Waals surface area contributed by atoms with Crippen molar-refractivity contribution < 1.29 is 18.7 Å². The van der Waals surface area contributed by atoms with Gasteiger partial charge in [0.05, 0.1) is 0 Å². The number of furan rings is 1. The number of aryl methyl sites for hydroxylation is 2. The number of allylic oxidation sites excluding steroid dienone is 1. The number of nitrogens with zero attached hydrogens (tertiary/aromatic N) is 1. The minimum absolute atomic E-state index is 0.348. The van der Waals surface area contributed by atoms with Gasteiger partial charge in [0.2, 0.25) is 0 Å². The highest BCUT2D eigenvalue weighted by molar-refractivity contribution is 5.95. The maximum absolute atomic E-state index is 5.95. The van der Waals surface area contributed by atoms with Gasteiger partial charge in [-0.15, -0.1) is 0 Å². The Balaban J connectivity index is 2.04. The molecule has 0 saturated carbocycles. The number of oxime groups is 1. The van der Waals surface area contributed by atoms with E-state index < -0.39 is 0 Å². The van der Waals surface area contributed by atoms with Gasteiger partial charge in [-0.25, -0.2) is 0 Å². The lowest BCUT2D eigenvalue weighted by Gasteiger charge is -2.13. The minimum atomic E-state index is 0.348. The smallest absolute Gasteiger partial charge is 0.151 e. The third-order valence-electron chi connectivity index (χ3n) is 3.62. The lowest BCUT2D eigenvalue weighted by atomic mass is 10.1. The zero-order valence-electron chi connectivity index (χ0n) is 15.5. The zero-order chi connectivity index (χ0) is 18.2. The third kappa shape index (κ3) is 5.14. The van der Waals surface area contributed by atoms with E-state index in [0.717, 1.165) is 28.4 Å². The van der Waals surface area contributed by atoms with Gasteiger partial charge >= 0.3 is 0 Å². The Bertz CT molecular complexity index is 736. The highest BCUT2D eigenvalue weighted by atomic mass is 16.6. The summed E-state index contributed by atoms with van der Waals surface area (Å²) in [4.78, 5) is 4.75. The molecule has 0 fully saturated rings. The Morgan fingerprint density at radius 2 is 1.88 bits per heavy atom. The second-order valence-corrected chi connectivity index (χ2v) is 5.68. The minimum Gasteiger partial charge on any atom is -0.490 e. The molecule has 0 atom stereocenters. The van der Waals surface area contributed by atoms with Gasteiger partial charge in [0.25, 0.3) is 0 Å².